The molecule has 1 aromatic heterocycles. The summed E-state index contributed by atoms with van der Waals surface area (Å²) in [7, 11) is 3.19. The van der Waals surface area contributed by atoms with Gasteiger partial charge in [-0.15, -0.1) is 0 Å². The zero-order valence-electron chi connectivity index (χ0n) is 28.7. The predicted molar refractivity (Wildman–Crippen MR) is 190 cm³/mol. The minimum absolute atomic E-state index is 0.0770. The van der Waals surface area contributed by atoms with Crippen molar-refractivity contribution in [1.29, 1.82) is 0 Å². The molecule has 2 fully saturated rings. The number of rotatable bonds is 8. The number of urea groups is 2. The van der Waals surface area contributed by atoms with Crippen molar-refractivity contribution in [3.8, 4) is 17.2 Å². The SMILES string of the molecule is COc1cc(NC(=O)N2C3CCC2CC(Cc2cccc(NC(=O)Nc4cc(C(C)(C)C)nn4-c4ccc(C)cc4)c2)C3)cc(OC)c1. The van der Waals surface area contributed by atoms with Gasteiger partial charge in [-0.1, -0.05) is 50.6 Å². The van der Waals surface area contributed by atoms with Crippen molar-refractivity contribution in [3.05, 3.63) is 89.6 Å². The maximum Gasteiger partial charge on any atom is 0.324 e. The van der Waals surface area contributed by atoms with E-state index in [-0.39, 0.29) is 29.6 Å². The van der Waals surface area contributed by atoms with Crippen molar-refractivity contribution in [2.24, 2.45) is 5.92 Å². The number of nitrogens with zero attached hydrogens (tertiary/aromatic N) is 3. The monoisotopic (exact) mass is 650 g/mol. The molecule has 2 unspecified atom stereocenters. The van der Waals surface area contributed by atoms with E-state index >= 15 is 0 Å². The molecule has 6 rings (SSSR count). The number of carbonyl (C=O) groups excluding carboxylic acids is 2. The molecule has 0 spiro atoms. The highest BCUT2D eigenvalue weighted by Crippen LogP contribution is 2.40. The number of aromatic nitrogens is 2. The second-order valence-electron chi connectivity index (χ2n) is 14.1. The summed E-state index contributed by atoms with van der Waals surface area (Å²) in [5.41, 5.74) is 5.30. The molecule has 3 aromatic carbocycles. The number of hydrogen-bond acceptors (Lipinski definition) is 5. The largest absolute Gasteiger partial charge is 0.497 e. The van der Waals surface area contributed by atoms with Crippen LogP contribution in [0.3, 0.4) is 0 Å². The maximum atomic E-state index is 13.4. The third kappa shape index (κ3) is 7.43. The van der Waals surface area contributed by atoms with Gasteiger partial charge in [0.05, 0.1) is 25.6 Å². The molecule has 0 saturated carbocycles. The highest BCUT2D eigenvalue weighted by Gasteiger charge is 2.43. The summed E-state index contributed by atoms with van der Waals surface area (Å²) in [6.45, 7) is 8.36. The van der Waals surface area contributed by atoms with E-state index in [1.165, 1.54) is 5.56 Å². The van der Waals surface area contributed by atoms with E-state index < -0.39 is 0 Å². The molecule has 0 aliphatic carbocycles. The fourth-order valence-corrected chi connectivity index (χ4v) is 6.96. The Balaban J connectivity index is 1.08. The van der Waals surface area contributed by atoms with Gasteiger partial charge in [0.1, 0.15) is 17.3 Å². The van der Waals surface area contributed by atoms with E-state index in [4.69, 9.17) is 14.6 Å². The number of nitrogens with one attached hydrogen (secondary N) is 3. The summed E-state index contributed by atoms with van der Waals surface area (Å²) in [5.74, 6) is 2.31. The molecule has 0 radical (unpaired) electrons. The molecule has 10 heteroatoms. The third-order valence-corrected chi connectivity index (χ3v) is 9.38. The first-order valence-corrected chi connectivity index (χ1v) is 16.7. The zero-order chi connectivity index (χ0) is 34.0. The first kappa shape index (κ1) is 32.9. The normalized spacial score (nSPS) is 18.7. The highest BCUT2D eigenvalue weighted by atomic mass is 16.5. The third-order valence-electron chi connectivity index (χ3n) is 9.38. The van der Waals surface area contributed by atoms with E-state index in [9.17, 15) is 9.59 Å². The lowest BCUT2D eigenvalue weighted by molar-refractivity contribution is 0.131. The zero-order valence-corrected chi connectivity index (χ0v) is 28.7. The summed E-state index contributed by atoms with van der Waals surface area (Å²) >= 11 is 0. The van der Waals surface area contributed by atoms with Gasteiger partial charge in [0.15, 0.2) is 0 Å². The summed E-state index contributed by atoms with van der Waals surface area (Å²) in [4.78, 5) is 28.7. The molecule has 2 aliphatic rings. The number of anilines is 3. The van der Waals surface area contributed by atoms with Crippen molar-refractivity contribution in [3.63, 3.8) is 0 Å². The Bertz CT molecular complexity index is 1740. The molecule has 2 aliphatic heterocycles. The molecule has 2 bridgehead atoms. The Kier molecular flexibility index (Phi) is 9.35. The van der Waals surface area contributed by atoms with Crippen LogP contribution in [0, 0.1) is 12.8 Å². The van der Waals surface area contributed by atoms with Crippen LogP contribution in [-0.4, -0.2) is 53.0 Å². The Morgan fingerprint density at radius 3 is 2.12 bits per heavy atom. The lowest BCUT2D eigenvalue weighted by atomic mass is 9.86. The summed E-state index contributed by atoms with van der Waals surface area (Å²) in [6, 6.07) is 23.5. The van der Waals surface area contributed by atoms with Crippen LogP contribution in [0.1, 0.15) is 63.3 Å². The Morgan fingerprint density at radius 2 is 1.50 bits per heavy atom. The molecule has 3 N–H and O–H groups in total. The quantitative estimate of drug-likeness (QED) is 0.178. The molecule has 2 saturated heterocycles. The Morgan fingerprint density at radius 1 is 0.833 bits per heavy atom. The molecule has 4 aromatic rings. The predicted octanol–water partition coefficient (Wildman–Crippen LogP) is 8.16. The van der Waals surface area contributed by atoms with Crippen LogP contribution in [0.15, 0.2) is 72.8 Å². The number of piperidine rings is 1. The van der Waals surface area contributed by atoms with Gasteiger partial charge < -0.3 is 25.0 Å². The number of amides is 4. The molecule has 2 atom stereocenters. The first-order chi connectivity index (χ1) is 23.0. The van der Waals surface area contributed by atoms with Gasteiger partial charge in [-0.3, -0.25) is 5.32 Å². The van der Waals surface area contributed by atoms with Crippen molar-refractivity contribution >= 4 is 29.3 Å². The fraction of sp³-hybridized carbons (Fsp3) is 0.395. The molecular formula is C38H46N6O4. The van der Waals surface area contributed by atoms with Gasteiger partial charge in [0.2, 0.25) is 0 Å². The first-order valence-electron chi connectivity index (χ1n) is 16.7. The van der Waals surface area contributed by atoms with Gasteiger partial charge in [-0.25, -0.2) is 14.3 Å². The number of hydrogen-bond donors (Lipinski definition) is 3. The van der Waals surface area contributed by atoms with E-state index in [0.29, 0.717) is 28.9 Å². The average molecular weight is 651 g/mol. The Hall–Kier alpha value is -4.99. The van der Waals surface area contributed by atoms with E-state index in [2.05, 4.69) is 48.9 Å². The van der Waals surface area contributed by atoms with Crippen LogP contribution < -0.4 is 25.4 Å². The summed E-state index contributed by atoms with van der Waals surface area (Å²) in [6.07, 6.45) is 4.80. The van der Waals surface area contributed by atoms with Crippen LogP contribution in [-0.2, 0) is 11.8 Å². The van der Waals surface area contributed by atoms with Crippen molar-refractivity contribution in [2.75, 3.05) is 30.2 Å². The van der Waals surface area contributed by atoms with Gasteiger partial charge in [-0.2, -0.15) is 5.10 Å². The Labute approximate surface area is 282 Å². The number of methoxy groups -OCH3 is 2. The molecule has 252 valence electrons. The van der Waals surface area contributed by atoms with Gasteiger partial charge >= 0.3 is 12.1 Å². The van der Waals surface area contributed by atoms with E-state index in [0.717, 1.165) is 54.7 Å². The standard InChI is InChI=1S/C38H46N6O4/c1-24-10-12-29(13-11-24)44-35(23-34(42-44)38(2,3)4)41-36(45)39-27-9-7-8-25(17-27)16-26-18-30-14-15-31(19-26)43(30)37(46)40-28-20-32(47-5)22-33(21-28)48-6/h7-13,17,20-23,26,30-31H,14-16,18-19H2,1-6H3,(H,40,46)(H2,39,41,45). The number of benzene rings is 3. The fourth-order valence-electron chi connectivity index (χ4n) is 6.96. The van der Waals surface area contributed by atoms with Gasteiger partial charge in [-0.05, 0) is 74.8 Å². The van der Waals surface area contributed by atoms with E-state index in [1.54, 1.807) is 37.1 Å². The second kappa shape index (κ2) is 13.6. The average Bonchev–Trinajstić information content (AvgIpc) is 3.59. The minimum Gasteiger partial charge on any atom is -0.497 e. The molecular weight excluding hydrogens is 604 g/mol. The van der Waals surface area contributed by atoms with Gasteiger partial charge in [0.25, 0.3) is 0 Å². The smallest absolute Gasteiger partial charge is 0.324 e. The topological polar surface area (TPSA) is 110 Å². The highest BCUT2D eigenvalue weighted by molar-refractivity contribution is 5.99. The molecule has 48 heavy (non-hydrogen) atoms. The van der Waals surface area contributed by atoms with Crippen LogP contribution in [0.5, 0.6) is 11.5 Å². The number of aryl methyl sites for hydroxylation is 1. The number of fused-ring (bicyclic) bond motifs is 2. The van der Waals surface area contributed by atoms with E-state index in [1.807, 2.05) is 54.3 Å². The van der Waals surface area contributed by atoms with Crippen LogP contribution in [0.25, 0.3) is 5.69 Å². The second-order valence-corrected chi connectivity index (χ2v) is 14.1. The minimum atomic E-state index is -0.327. The lowest BCUT2D eigenvalue weighted by Gasteiger charge is -2.39. The van der Waals surface area contributed by atoms with Crippen LogP contribution in [0.2, 0.25) is 0 Å². The number of ether oxygens (including phenoxy) is 2. The molecule has 3 heterocycles. The maximum absolute atomic E-state index is 13.4. The van der Waals surface area contributed by atoms with Crippen molar-refractivity contribution in [1.82, 2.24) is 14.7 Å². The number of carbonyl (C=O) groups is 2. The van der Waals surface area contributed by atoms with Crippen LogP contribution in [0.4, 0.5) is 26.8 Å². The molecule has 4 amide bonds. The lowest BCUT2D eigenvalue weighted by Crippen LogP contribution is -2.48. The van der Waals surface area contributed by atoms with Gasteiger partial charge in [0, 0.05) is 53.1 Å². The van der Waals surface area contributed by atoms with Crippen molar-refractivity contribution < 1.29 is 19.1 Å². The van der Waals surface area contributed by atoms with Crippen LogP contribution >= 0.6 is 0 Å². The summed E-state index contributed by atoms with van der Waals surface area (Å²) < 4.78 is 12.5. The summed E-state index contributed by atoms with van der Waals surface area (Å²) in [5, 5.41) is 13.9. The molecule has 10 nitrogen and oxygen atoms in total. The van der Waals surface area contributed by atoms with Crippen molar-refractivity contribution in [2.45, 2.75) is 77.3 Å².